The Kier molecular flexibility index (Phi) is 2.73. The van der Waals surface area contributed by atoms with Gasteiger partial charge in [-0.15, -0.1) is 0 Å². The third kappa shape index (κ3) is 2.07. The van der Waals surface area contributed by atoms with E-state index < -0.39 is 17.7 Å². The second-order valence-electron chi connectivity index (χ2n) is 5.05. The zero-order chi connectivity index (χ0) is 13.6. The Bertz CT molecular complexity index is 513. The first-order valence-corrected chi connectivity index (χ1v) is 6.48. The van der Waals surface area contributed by atoms with Gasteiger partial charge >= 0.3 is 0 Å². The molecule has 0 unspecified atom stereocenters. The minimum atomic E-state index is -0.582. The number of carbonyl (C=O) groups is 4. The Labute approximate surface area is 110 Å². The SMILES string of the molecule is O=C1CCC(=C2CC2)N1CC(=O)N1C(=O)CCC1=O. The van der Waals surface area contributed by atoms with E-state index in [9.17, 15) is 19.2 Å². The Balaban J connectivity index is 1.75. The van der Waals surface area contributed by atoms with Crippen molar-refractivity contribution in [2.75, 3.05) is 6.54 Å². The van der Waals surface area contributed by atoms with Gasteiger partial charge in [0.1, 0.15) is 6.54 Å². The molecule has 6 nitrogen and oxygen atoms in total. The van der Waals surface area contributed by atoms with Crippen molar-refractivity contribution in [3.05, 3.63) is 11.3 Å². The predicted molar refractivity (Wildman–Crippen MR) is 63.3 cm³/mol. The highest BCUT2D eigenvalue weighted by Crippen LogP contribution is 2.38. The van der Waals surface area contributed by atoms with Crippen LogP contribution >= 0.6 is 0 Å². The summed E-state index contributed by atoms with van der Waals surface area (Å²) in [6.45, 7) is -0.185. The summed E-state index contributed by atoms with van der Waals surface area (Å²) in [6.07, 6.45) is 3.22. The van der Waals surface area contributed by atoms with E-state index in [4.69, 9.17) is 0 Å². The molecule has 3 aliphatic rings. The number of imide groups is 3. The summed E-state index contributed by atoms with van der Waals surface area (Å²) in [5.41, 5.74) is 2.15. The van der Waals surface area contributed by atoms with Gasteiger partial charge in [-0.05, 0) is 24.8 Å². The maximum atomic E-state index is 12.0. The Hall–Kier alpha value is -1.98. The monoisotopic (exact) mass is 262 g/mol. The second-order valence-corrected chi connectivity index (χ2v) is 5.05. The van der Waals surface area contributed by atoms with Crippen LogP contribution in [0.25, 0.3) is 0 Å². The highest BCUT2D eigenvalue weighted by Gasteiger charge is 2.38. The van der Waals surface area contributed by atoms with E-state index in [1.54, 1.807) is 0 Å². The first-order valence-electron chi connectivity index (χ1n) is 6.48. The largest absolute Gasteiger partial charge is 0.307 e. The summed E-state index contributed by atoms with van der Waals surface area (Å²) >= 11 is 0. The summed E-state index contributed by atoms with van der Waals surface area (Å²) in [6, 6.07) is 0. The zero-order valence-electron chi connectivity index (χ0n) is 10.5. The molecule has 100 valence electrons. The molecule has 2 aliphatic heterocycles. The lowest BCUT2D eigenvalue weighted by Gasteiger charge is -2.20. The Morgan fingerprint density at radius 1 is 0.842 bits per heavy atom. The topological polar surface area (TPSA) is 74.8 Å². The predicted octanol–water partition coefficient (Wildman–Crippen LogP) is 0.332. The Morgan fingerprint density at radius 3 is 2.00 bits per heavy atom. The van der Waals surface area contributed by atoms with Crippen LogP contribution in [0.3, 0.4) is 0 Å². The van der Waals surface area contributed by atoms with E-state index in [2.05, 4.69) is 0 Å². The molecule has 2 heterocycles. The van der Waals surface area contributed by atoms with Crippen molar-refractivity contribution in [2.24, 2.45) is 0 Å². The smallest absolute Gasteiger partial charge is 0.256 e. The fourth-order valence-corrected chi connectivity index (χ4v) is 2.61. The normalized spacial score (nSPS) is 22.8. The van der Waals surface area contributed by atoms with Crippen LogP contribution in [0.15, 0.2) is 11.3 Å². The molecule has 3 fully saturated rings. The van der Waals surface area contributed by atoms with Gasteiger partial charge in [0.05, 0.1) is 0 Å². The van der Waals surface area contributed by atoms with Crippen LogP contribution in [0.5, 0.6) is 0 Å². The quantitative estimate of drug-likeness (QED) is 0.672. The zero-order valence-corrected chi connectivity index (χ0v) is 10.5. The summed E-state index contributed by atoms with van der Waals surface area (Å²) in [4.78, 5) is 48.9. The van der Waals surface area contributed by atoms with Crippen molar-refractivity contribution >= 4 is 23.6 Å². The second kappa shape index (κ2) is 4.29. The lowest BCUT2D eigenvalue weighted by Crippen LogP contribution is -2.43. The van der Waals surface area contributed by atoms with Gasteiger partial charge in [0, 0.05) is 25.0 Å². The average molecular weight is 262 g/mol. The standard InChI is InChI=1S/C13H14N2O4/c16-10-4-3-9(8-1-2-8)14(10)7-13(19)15-11(17)5-6-12(15)18/h1-7H2. The fraction of sp³-hybridized carbons (Fsp3) is 0.538. The molecule has 0 N–H and O–H groups in total. The average Bonchev–Trinajstić information content (AvgIpc) is 3.07. The maximum absolute atomic E-state index is 12.0. The summed E-state index contributed by atoms with van der Waals surface area (Å²) in [5.74, 6) is -1.59. The molecule has 2 saturated heterocycles. The van der Waals surface area contributed by atoms with E-state index in [1.807, 2.05) is 0 Å². The van der Waals surface area contributed by atoms with Gasteiger partial charge in [0.2, 0.25) is 17.7 Å². The molecule has 6 heteroatoms. The number of likely N-dealkylation sites (tertiary alicyclic amines) is 2. The van der Waals surface area contributed by atoms with Crippen LogP contribution in [0, 0.1) is 0 Å². The van der Waals surface area contributed by atoms with E-state index >= 15 is 0 Å². The molecule has 0 spiro atoms. The van der Waals surface area contributed by atoms with Gasteiger partial charge in [-0.2, -0.15) is 0 Å². The molecular formula is C13H14N2O4. The molecule has 0 atom stereocenters. The molecule has 0 aromatic carbocycles. The van der Waals surface area contributed by atoms with Gasteiger partial charge in [0.15, 0.2) is 0 Å². The number of allylic oxidation sites excluding steroid dienone is 2. The molecule has 19 heavy (non-hydrogen) atoms. The number of amides is 4. The summed E-state index contributed by atoms with van der Waals surface area (Å²) < 4.78 is 0. The summed E-state index contributed by atoms with van der Waals surface area (Å²) in [7, 11) is 0. The third-order valence-corrected chi connectivity index (χ3v) is 3.70. The van der Waals surface area contributed by atoms with Gasteiger partial charge in [0.25, 0.3) is 5.91 Å². The van der Waals surface area contributed by atoms with Crippen LogP contribution in [0.4, 0.5) is 0 Å². The van der Waals surface area contributed by atoms with E-state index in [0.717, 1.165) is 18.5 Å². The molecule has 0 bridgehead atoms. The highest BCUT2D eigenvalue weighted by atomic mass is 16.2. The molecule has 0 aromatic heterocycles. The molecule has 1 aliphatic carbocycles. The summed E-state index contributed by atoms with van der Waals surface area (Å²) in [5, 5.41) is 0. The van der Waals surface area contributed by atoms with Crippen molar-refractivity contribution in [2.45, 2.75) is 38.5 Å². The van der Waals surface area contributed by atoms with Crippen molar-refractivity contribution < 1.29 is 19.2 Å². The van der Waals surface area contributed by atoms with Gasteiger partial charge < -0.3 is 4.90 Å². The van der Waals surface area contributed by atoms with Gasteiger partial charge in [-0.1, -0.05) is 0 Å². The molecule has 1 saturated carbocycles. The van der Waals surface area contributed by atoms with Crippen molar-refractivity contribution in [3.8, 4) is 0 Å². The minimum absolute atomic E-state index is 0.0897. The van der Waals surface area contributed by atoms with Crippen molar-refractivity contribution in [1.29, 1.82) is 0 Å². The van der Waals surface area contributed by atoms with E-state index in [1.165, 1.54) is 10.5 Å². The third-order valence-electron chi connectivity index (χ3n) is 3.70. The first kappa shape index (κ1) is 12.1. The van der Waals surface area contributed by atoms with Gasteiger partial charge in [-0.3, -0.25) is 19.2 Å². The maximum Gasteiger partial charge on any atom is 0.256 e. The molecule has 0 radical (unpaired) electrons. The van der Waals surface area contributed by atoms with Crippen LogP contribution in [-0.4, -0.2) is 40.0 Å². The van der Waals surface area contributed by atoms with Crippen LogP contribution < -0.4 is 0 Å². The number of hydrogen-bond donors (Lipinski definition) is 0. The number of nitrogens with zero attached hydrogens (tertiary/aromatic N) is 2. The lowest BCUT2D eigenvalue weighted by molar-refractivity contribution is -0.151. The van der Waals surface area contributed by atoms with Crippen molar-refractivity contribution in [3.63, 3.8) is 0 Å². The molecule has 4 amide bonds. The van der Waals surface area contributed by atoms with Crippen LogP contribution in [-0.2, 0) is 19.2 Å². The minimum Gasteiger partial charge on any atom is -0.307 e. The Morgan fingerprint density at radius 2 is 1.42 bits per heavy atom. The molecule has 3 rings (SSSR count). The van der Waals surface area contributed by atoms with E-state index in [-0.39, 0.29) is 25.3 Å². The fourth-order valence-electron chi connectivity index (χ4n) is 2.61. The van der Waals surface area contributed by atoms with Gasteiger partial charge in [-0.25, -0.2) is 4.90 Å². The number of hydrogen-bond acceptors (Lipinski definition) is 4. The number of rotatable bonds is 2. The van der Waals surface area contributed by atoms with Crippen LogP contribution in [0.1, 0.15) is 38.5 Å². The number of carbonyl (C=O) groups excluding carboxylic acids is 4. The molecular weight excluding hydrogens is 248 g/mol. The van der Waals surface area contributed by atoms with Crippen molar-refractivity contribution in [1.82, 2.24) is 9.80 Å². The lowest BCUT2D eigenvalue weighted by atomic mass is 10.3. The van der Waals surface area contributed by atoms with Crippen LogP contribution in [0.2, 0.25) is 0 Å². The highest BCUT2D eigenvalue weighted by molar-refractivity contribution is 6.15. The molecule has 0 aromatic rings. The van der Waals surface area contributed by atoms with E-state index in [0.29, 0.717) is 17.7 Å². The first-order chi connectivity index (χ1) is 9.08.